The maximum absolute atomic E-state index is 11.3. The van der Waals surface area contributed by atoms with Crippen LogP contribution in [0.15, 0.2) is 24.3 Å². The van der Waals surface area contributed by atoms with Gasteiger partial charge in [-0.25, -0.2) is 4.79 Å². The standard InChI is InChI=1S/C10H12O4/c1-2-14-10(13)8-6-4-3-5-7(8)9(11)12/h3-6,9,11-12H,2H2,1H3. The minimum absolute atomic E-state index is 0.158. The molecule has 0 radical (unpaired) electrons. The monoisotopic (exact) mass is 196 g/mol. The van der Waals surface area contributed by atoms with Crippen molar-refractivity contribution in [3.05, 3.63) is 35.4 Å². The average molecular weight is 196 g/mol. The number of aliphatic hydroxyl groups excluding tert-OH is 1. The Morgan fingerprint density at radius 2 is 2.07 bits per heavy atom. The minimum Gasteiger partial charge on any atom is -0.462 e. The molecule has 1 rings (SSSR count). The molecule has 14 heavy (non-hydrogen) atoms. The van der Waals surface area contributed by atoms with E-state index in [4.69, 9.17) is 14.9 Å². The Morgan fingerprint density at radius 3 is 2.64 bits per heavy atom. The molecule has 1 aromatic rings. The average Bonchev–Trinajstić information content (AvgIpc) is 2.18. The SMILES string of the molecule is CCOC(=O)c1ccccc1C(O)O. The van der Waals surface area contributed by atoms with Gasteiger partial charge in [0.25, 0.3) is 0 Å². The fourth-order valence-corrected chi connectivity index (χ4v) is 1.12. The number of esters is 1. The number of carbonyl (C=O) groups excluding carboxylic acids is 1. The number of ether oxygens (including phenoxy) is 1. The predicted molar refractivity (Wildman–Crippen MR) is 49.6 cm³/mol. The van der Waals surface area contributed by atoms with Crippen LogP contribution in [0.3, 0.4) is 0 Å². The van der Waals surface area contributed by atoms with Gasteiger partial charge >= 0.3 is 5.97 Å². The molecule has 0 aliphatic rings. The summed E-state index contributed by atoms with van der Waals surface area (Å²) >= 11 is 0. The van der Waals surface area contributed by atoms with Gasteiger partial charge in [0.1, 0.15) is 0 Å². The Balaban J connectivity index is 3.00. The van der Waals surface area contributed by atoms with Crippen molar-refractivity contribution in [3.63, 3.8) is 0 Å². The molecule has 0 bridgehead atoms. The molecule has 0 saturated heterocycles. The Morgan fingerprint density at radius 1 is 1.43 bits per heavy atom. The summed E-state index contributed by atoms with van der Waals surface area (Å²) in [4.78, 5) is 11.3. The molecule has 2 N–H and O–H groups in total. The Kier molecular flexibility index (Phi) is 3.62. The highest BCUT2D eigenvalue weighted by Crippen LogP contribution is 2.16. The van der Waals surface area contributed by atoms with Crippen LogP contribution in [-0.4, -0.2) is 22.8 Å². The van der Waals surface area contributed by atoms with Gasteiger partial charge in [-0.1, -0.05) is 18.2 Å². The largest absolute Gasteiger partial charge is 0.462 e. The molecule has 0 amide bonds. The first-order chi connectivity index (χ1) is 6.66. The van der Waals surface area contributed by atoms with Crippen LogP contribution in [0.1, 0.15) is 29.1 Å². The van der Waals surface area contributed by atoms with Gasteiger partial charge in [-0.05, 0) is 13.0 Å². The maximum Gasteiger partial charge on any atom is 0.338 e. The fraction of sp³-hybridized carbons (Fsp3) is 0.300. The zero-order valence-electron chi connectivity index (χ0n) is 7.80. The van der Waals surface area contributed by atoms with Gasteiger partial charge in [0.2, 0.25) is 0 Å². The Hall–Kier alpha value is -1.39. The molecule has 4 heteroatoms. The lowest BCUT2D eigenvalue weighted by Gasteiger charge is -2.09. The van der Waals surface area contributed by atoms with Gasteiger partial charge < -0.3 is 14.9 Å². The first kappa shape index (κ1) is 10.7. The van der Waals surface area contributed by atoms with Crippen LogP contribution in [0.2, 0.25) is 0 Å². The highest BCUT2D eigenvalue weighted by Gasteiger charge is 2.15. The van der Waals surface area contributed by atoms with Crippen molar-refractivity contribution >= 4 is 5.97 Å². The lowest BCUT2D eigenvalue weighted by molar-refractivity contribution is -0.0434. The van der Waals surface area contributed by atoms with E-state index >= 15 is 0 Å². The van der Waals surface area contributed by atoms with Gasteiger partial charge in [0.05, 0.1) is 12.2 Å². The molecule has 0 saturated carbocycles. The van der Waals surface area contributed by atoms with Crippen LogP contribution in [-0.2, 0) is 4.74 Å². The first-order valence-electron chi connectivity index (χ1n) is 4.29. The normalized spacial score (nSPS) is 10.3. The third kappa shape index (κ3) is 2.31. The molecule has 0 fully saturated rings. The molecule has 0 unspecified atom stereocenters. The summed E-state index contributed by atoms with van der Waals surface area (Å²) in [6, 6.07) is 6.22. The molecule has 0 spiro atoms. The number of aliphatic hydroxyl groups is 2. The van der Waals surface area contributed by atoms with E-state index in [2.05, 4.69) is 0 Å². The smallest absolute Gasteiger partial charge is 0.338 e. The Bertz CT molecular complexity index is 320. The highest BCUT2D eigenvalue weighted by molar-refractivity contribution is 5.91. The van der Waals surface area contributed by atoms with Crippen molar-refractivity contribution in [2.45, 2.75) is 13.2 Å². The van der Waals surface area contributed by atoms with Crippen molar-refractivity contribution in [3.8, 4) is 0 Å². The number of hydrogen-bond acceptors (Lipinski definition) is 4. The number of hydrogen-bond donors (Lipinski definition) is 2. The summed E-state index contributed by atoms with van der Waals surface area (Å²) in [7, 11) is 0. The van der Waals surface area contributed by atoms with Crippen LogP contribution in [0.4, 0.5) is 0 Å². The highest BCUT2D eigenvalue weighted by atomic mass is 16.5. The second-order valence-electron chi connectivity index (χ2n) is 2.68. The predicted octanol–water partition coefficient (Wildman–Crippen LogP) is 0.847. The van der Waals surface area contributed by atoms with E-state index in [1.54, 1.807) is 19.1 Å². The van der Waals surface area contributed by atoms with Gasteiger partial charge in [-0.2, -0.15) is 0 Å². The van der Waals surface area contributed by atoms with Gasteiger partial charge in [-0.3, -0.25) is 0 Å². The summed E-state index contributed by atoms with van der Waals surface area (Å²) < 4.78 is 4.76. The quantitative estimate of drug-likeness (QED) is 0.555. The summed E-state index contributed by atoms with van der Waals surface area (Å²) in [6.45, 7) is 1.95. The van der Waals surface area contributed by atoms with Crippen molar-refractivity contribution in [2.24, 2.45) is 0 Å². The topological polar surface area (TPSA) is 66.8 Å². The second kappa shape index (κ2) is 4.74. The van der Waals surface area contributed by atoms with Crippen molar-refractivity contribution in [1.82, 2.24) is 0 Å². The second-order valence-corrected chi connectivity index (χ2v) is 2.68. The molecule has 0 heterocycles. The van der Waals surface area contributed by atoms with Crippen LogP contribution in [0.5, 0.6) is 0 Å². The zero-order valence-corrected chi connectivity index (χ0v) is 7.80. The van der Waals surface area contributed by atoms with E-state index in [1.807, 2.05) is 0 Å². The number of rotatable bonds is 3. The van der Waals surface area contributed by atoms with Gasteiger partial charge in [0, 0.05) is 5.56 Å². The van der Waals surface area contributed by atoms with Crippen LogP contribution < -0.4 is 0 Å². The lowest BCUT2D eigenvalue weighted by Crippen LogP contribution is -2.10. The Labute approximate surface area is 81.8 Å². The first-order valence-corrected chi connectivity index (χ1v) is 4.29. The van der Waals surface area contributed by atoms with E-state index < -0.39 is 12.3 Å². The summed E-state index contributed by atoms with van der Waals surface area (Å²) in [6.07, 6.45) is -1.66. The summed E-state index contributed by atoms with van der Waals surface area (Å²) in [5.74, 6) is -0.545. The van der Waals surface area contributed by atoms with E-state index in [0.29, 0.717) is 0 Å². The molecule has 0 atom stereocenters. The molecule has 0 aromatic heterocycles. The fourth-order valence-electron chi connectivity index (χ4n) is 1.12. The van der Waals surface area contributed by atoms with Crippen molar-refractivity contribution < 1.29 is 19.7 Å². The summed E-state index contributed by atoms with van der Waals surface area (Å²) in [5.41, 5.74) is 0.343. The van der Waals surface area contributed by atoms with E-state index in [1.165, 1.54) is 12.1 Å². The van der Waals surface area contributed by atoms with Crippen molar-refractivity contribution in [2.75, 3.05) is 6.61 Å². The third-order valence-corrected chi connectivity index (χ3v) is 1.73. The van der Waals surface area contributed by atoms with Crippen molar-refractivity contribution in [1.29, 1.82) is 0 Å². The zero-order chi connectivity index (χ0) is 10.6. The molecular formula is C10H12O4. The lowest BCUT2D eigenvalue weighted by atomic mass is 10.1. The van der Waals surface area contributed by atoms with E-state index in [-0.39, 0.29) is 17.7 Å². The number of benzene rings is 1. The third-order valence-electron chi connectivity index (χ3n) is 1.73. The molecule has 0 aliphatic carbocycles. The van der Waals surface area contributed by atoms with Gasteiger partial charge in [-0.15, -0.1) is 0 Å². The number of carbonyl (C=O) groups is 1. The molecule has 76 valence electrons. The maximum atomic E-state index is 11.3. The van der Waals surface area contributed by atoms with Crippen LogP contribution >= 0.6 is 0 Å². The molecule has 1 aromatic carbocycles. The summed E-state index contributed by atoms with van der Waals surface area (Å²) in [5, 5.41) is 17.9. The van der Waals surface area contributed by atoms with E-state index in [9.17, 15) is 4.79 Å². The molecule has 0 aliphatic heterocycles. The van der Waals surface area contributed by atoms with E-state index in [0.717, 1.165) is 0 Å². The van der Waals surface area contributed by atoms with Gasteiger partial charge in [0.15, 0.2) is 6.29 Å². The minimum atomic E-state index is -1.66. The van der Waals surface area contributed by atoms with Crippen LogP contribution in [0, 0.1) is 0 Å². The molecule has 4 nitrogen and oxygen atoms in total. The molecular weight excluding hydrogens is 184 g/mol. The van der Waals surface area contributed by atoms with Crippen LogP contribution in [0.25, 0.3) is 0 Å².